The molecule has 0 bridgehead atoms. The molecule has 0 radical (unpaired) electrons. The molecule has 4 rings (SSSR count). The number of methoxy groups -OCH3 is 1. The third-order valence-corrected chi connectivity index (χ3v) is 6.20. The van der Waals surface area contributed by atoms with E-state index in [1.165, 1.54) is 0 Å². The largest absolute Gasteiger partial charge is 0.494 e. The van der Waals surface area contributed by atoms with E-state index in [1.54, 1.807) is 7.11 Å². The van der Waals surface area contributed by atoms with E-state index in [2.05, 4.69) is 0 Å². The Hall–Kier alpha value is -2.79. The van der Waals surface area contributed by atoms with Crippen LogP contribution in [-0.2, 0) is 22.4 Å². The number of carbonyl (C=O) groups excluding carboxylic acids is 1. The second-order valence-corrected chi connectivity index (χ2v) is 8.28. The van der Waals surface area contributed by atoms with E-state index >= 15 is 0 Å². The van der Waals surface area contributed by atoms with Gasteiger partial charge in [-0.3, -0.25) is 4.79 Å². The second-order valence-electron chi connectivity index (χ2n) is 7.84. The van der Waals surface area contributed by atoms with Crippen molar-refractivity contribution in [2.24, 2.45) is 5.92 Å². The third kappa shape index (κ3) is 4.19. The maximum atomic E-state index is 12.5. The van der Waals surface area contributed by atoms with Crippen molar-refractivity contribution in [3.63, 3.8) is 0 Å². The molecule has 2 aromatic carbocycles. The number of carbonyl (C=O) groups is 1. The predicted octanol–water partition coefficient (Wildman–Crippen LogP) is 5.65. The molecule has 1 aliphatic rings. The zero-order valence-corrected chi connectivity index (χ0v) is 18.9. The maximum absolute atomic E-state index is 12.5. The van der Waals surface area contributed by atoms with Crippen LogP contribution in [0.3, 0.4) is 0 Å². The quantitative estimate of drug-likeness (QED) is 0.447. The monoisotopic (exact) mass is 438 g/mol. The summed E-state index contributed by atoms with van der Waals surface area (Å²) in [6.07, 6.45) is 2.68. The Morgan fingerprint density at radius 3 is 2.52 bits per heavy atom. The summed E-state index contributed by atoms with van der Waals surface area (Å²) in [5.41, 5.74) is 4.93. The molecule has 0 aliphatic heterocycles. The Morgan fingerprint density at radius 2 is 1.84 bits per heavy atom. The number of rotatable bonds is 7. The van der Waals surface area contributed by atoms with E-state index in [0.717, 1.165) is 46.8 Å². The predicted molar refractivity (Wildman–Crippen MR) is 122 cm³/mol. The van der Waals surface area contributed by atoms with E-state index in [0.29, 0.717) is 17.9 Å². The van der Waals surface area contributed by atoms with Crippen molar-refractivity contribution in [2.45, 2.75) is 45.6 Å². The molecule has 1 aromatic heterocycles. The molecule has 0 N–H and O–H groups in total. The van der Waals surface area contributed by atoms with Gasteiger partial charge < -0.3 is 9.47 Å². The molecule has 3 aromatic rings. The van der Waals surface area contributed by atoms with Gasteiger partial charge in [-0.15, -0.1) is 0 Å². The third-order valence-electron chi connectivity index (χ3n) is 5.95. The Balaban J connectivity index is 1.73. The standard InChI is InChI=1S/C25H27ClN2O3/c1-4-16(5-2)25(29)31-19-14-20-21(15-19)27-28(22-8-6-7-9-23(22)30-3)24(20)17-10-12-18(26)13-11-17/h6-13,16,19H,4-5,14-15H2,1-3H3. The van der Waals surface area contributed by atoms with E-state index in [1.807, 2.05) is 67.1 Å². The second kappa shape index (κ2) is 9.15. The first-order valence-electron chi connectivity index (χ1n) is 10.8. The summed E-state index contributed by atoms with van der Waals surface area (Å²) in [6, 6.07) is 15.6. The zero-order chi connectivity index (χ0) is 22.0. The fourth-order valence-corrected chi connectivity index (χ4v) is 4.36. The van der Waals surface area contributed by atoms with Gasteiger partial charge in [0, 0.05) is 29.0 Å². The van der Waals surface area contributed by atoms with E-state index in [4.69, 9.17) is 26.2 Å². The summed E-state index contributed by atoms with van der Waals surface area (Å²) in [6.45, 7) is 4.05. The van der Waals surface area contributed by atoms with Gasteiger partial charge in [0.2, 0.25) is 0 Å². The molecule has 6 heteroatoms. The highest BCUT2D eigenvalue weighted by Gasteiger charge is 2.33. The van der Waals surface area contributed by atoms with Crippen molar-refractivity contribution < 1.29 is 14.3 Å². The van der Waals surface area contributed by atoms with Gasteiger partial charge in [-0.2, -0.15) is 5.10 Å². The van der Waals surface area contributed by atoms with Crippen molar-refractivity contribution in [1.82, 2.24) is 9.78 Å². The number of halogens is 1. The SMILES string of the molecule is CCC(CC)C(=O)OC1Cc2nn(-c3ccccc3OC)c(-c3ccc(Cl)cc3)c2C1. The van der Waals surface area contributed by atoms with Crippen LogP contribution in [0, 0.1) is 5.92 Å². The Labute approximate surface area is 187 Å². The lowest BCUT2D eigenvalue weighted by molar-refractivity contribution is -0.153. The number of ether oxygens (including phenoxy) is 2. The number of hydrogen-bond acceptors (Lipinski definition) is 4. The number of aromatic nitrogens is 2. The number of hydrogen-bond donors (Lipinski definition) is 0. The Bertz CT molecular complexity index is 1070. The van der Waals surface area contributed by atoms with Crippen LogP contribution in [0.25, 0.3) is 16.9 Å². The average Bonchev–Trinajstić information content (AvgIpc) is 3.32. The van der Waals surface area contributed by atoms with Crippen molar-refractivity contribution in [3.8, 4) is 22.7 Å². The van der Waals surface area contributed by atoms with Gasteiger partial charge in [-0.1, -0.05) is 49.7 Å². The zero-order valence-electron chi connectivity index (χ0n) is 18.1. The summed E-state index contributed by atoms with van der Waals surface area (Å²) in [5.74, 6) is 0.596. The minimum absolute atomic E-state index is 0.0443. The first-order chi connectivity index (χ1) is 15.0. The molecule has 1 heterocycles. The van der Waals surface area contributed by atoms with Crippen LogP contribution in [0.5, 0.6) is 5.75 Å². The van der Waals surface area contributed by atoms with E-state index in [9.17, 15) is 4.79 Å². The van der Waals surface area contributed by atoms with Crippen molar-refractivity contribution in [3.05, 3.63) is 64.8 Å². The number of para-hydroxylation sites is 2. The maximum Gasteiger partial charge on any atom is 0.309 e. The summed E-state index contributed by atoms with van der Waals surface area (Å²) < 4.78 is 13.4. The van der Waals surface area contributed by atoms with Crippen molar-refractivity contribution in [2.75, 3.05) is 7.11 Å². The Kier molecular flexibility index (Phi) is 6.33. The molecule has 0 saturated carbocycles. The van der Waals surface area contributed by atoms with Gasteiger partial charge >= 0.3 is 5.97 Å². The van der Waals surface area contributed by atoms with Crippen LogP contribution in [0.4, 0.5) is 0 Å². The van der Waals surface area contributed by atoms with Crippen LogP contribution in [0.15, 0.2) is 48.5 Å². The van der Waals surface area contributed by atoms with Crippen LogP contribution in [-0.4, -0.2) is 29.0 Å². The fourth-order valence-electron chi connectivity index (χ4n) is 4.24. The molecule has 0 amide bonds. The van der Waals surface area contributed by atoms with Crippen LogP contribution >= 0.6 is 11.6 Å². The van der Waals surface area contributed by atoms with Gasteiger partial charge in [0.15, 0.2) is 0 Å². The molecule has 5 nitrogen and oxygen atoms in total. The molecule has 0 fully saturated rings. The van der Waals surface area contributed by atoms with Crippen LogP contribution < -0.4 is 4.74 Å². The molecular formula is C25H27ClN2O3. The van der Waals surface area contributed by atoms with Crippen molar-refractivity contribution in [1.29, 1.82) is 0 Å². The molecule has 0 spiro atoms. The lowest BCUT2D eigenvalue weighted by Gasteiger charge is -2.18. The summed E-state index contributed by atoms with van der Waals surface area (Å²) in [4.78, 5) is 12.5. The minimum atomic E-state index is -0.177. The number of nitrogens with zero attached hydrogens (tertiary/aromatic N) is 2. The summed E-state index contributed by atoms with van der Waals surface area (Å²) in [5, 5.41) is 5.60. The van der Waals surface area contributed by atoms with Gasteiger partial charge in [0.1, 0.15) is 17.5 Å². The Morgan fingerprint density at radius 1 is 1.13 bits per heavy atom. The normalized spacial score (nSPS) is 15.2. The highest BCUT2D eigenvalue weighted by Crippen LogP contribution is 2.37. The molecular weight excluding hydrogens is 412 g/mol. The molecule has 1 atom stereocenters. The molecule has 0 saturated heterocycles. The van der Waals surface area contributed by atoms with Gasteiger partial charge in [-0.05, 0) is 37.1 Å². The lowest BCUT2D eigenvalue weighted by Crippen LogP contribution is -2.24. The van der Waals surface area contributed by atoms with Gasteiger partial charge in [-0.25, -0.2) is 4.68 Å². The smallest absolute Gasteiger partial charge is 0.309 e. The number of esters is 1. The van der Waals surface area contributed by atoms with Crippen molar-refractivity contribution >= 4 is 17.6 Å². The lowest BCUT2D eigenvalue weighted by atomic mass is 10.0. The number of fused-ring (bicyclic) bond motifs is 1. The highest BCUT2D eigenvalue weighted by molar-refractivity contribution is 6.30. The average molecular weight is 439 g/mol. The van der Waals surface area contributed by atoms with Gasteiger partial charge in [0.05, 0.1) is 24.4 Å². The van der Waals surface area contributed by atoms with Crippen LogP contribution in [0.1, 0.15) is 37.9 Å². The van der Waals surface area contributed by atoms with Crippen LogP contribution in [0.2, 0.25) is 5.02 Å². The molecule has 31 heavy (non-hydrogen) atoms. The first-order valence-corrected chi connectivity index (χ1v) is 11.1. The highest BCUT2D eigenvalue weighted by atomic mass is 35.5. The first kappa shape index (κ1) is 21.4. The summed E-state index contributed by atoms with van der Waals surface area (Å²) >= 11 is 6.13. The topological polar surface area (TPSA) is 53.3 Å². The molecule has 1 unspecified atom stereocenters. The van der Waals surface area contributed by atoms with E-state index < -0.39 is 0 Å². The summed E-state index contributed by atoms with van der Waals surface area (Å²) in [7, 11) is 1.66. The fraction of sp³-hybridized carbons (Fsp3) is 0.360. The number of benzene rings is 2. The van der Waals surface area contributed by atoms with Gasteiger partial charge in [0.25, 0.3) is 0 Å². The molecule has 162 valence electrons. The molecule has 1 aliphatic carbocycles. The van der Waals surface area contributed by atoms with E-state index in [-0.39, 0.29) is 18.0 Å². The minimum Gasteiger partial charge on any atom is -0.494 e.